The van der Waals surface area contributed by atoms with Crippen molar-refractivity contribution in [2.75, 3.05) is 40.5 Å². The van der Waals surface area contributed by atoms with Gasteiger partial charge in [-0.05, 0) is 49.7 Å². The highest BCUT2D eigenvalue weighted by Gasteiger charge is 2.16. The zero-order chi connectivity index (χ0) is 21.2. The lowest BCUT2D eigenvalue weighted by molar-refractivity contribution is 0.0608. The largest absolute Gasteiger partial charge is 0.496 e. The first-order chi connectivity index (χ1) is 14.7. The molecule has 0 amide bonds. The number of likely N-dealkylation sites (tertiary alicyclic amines) is 1. The second-order valence-corrected chi connectivity index (χ2v) is 7.73. The molecule has 164 valence electrons. The van der Waals surface area contributed by atoms with Gasteiger partial charge in [0.2, 0.25) is 0 Å². The summed E-state index contributed by atoms with van der Waals surface area (Å²) in [6, 6.07) is 13.9. The van der Waals surface area contributed by atoms with Crippen molar-refractivity contribution in [1.82, 2.24) is 10.2 Å². The number of β-amino-alcohol motifs (C(OH)–C–C–N with tert-alkyl or cyclic N) is 1. The van der Waals surface area contributed by atoms with Crippen LogP contribution in [0.15, 0.2) is 42.5 Å². The van der Waals surface area contributed by atoms with Crippen molar-refractivity contribution in [3.63, 3.8) is 0 Å². The molecule has 0 bridgehead atoms. The van der Waals surface area contributed by atoms with E-state index in [1.165, 1.54) is 19.3 Å². The van der Waals surface area contributed by atoms with Crippen molar-refractivity contribution < 1.29 is 19.3 Å². The molecule has 1 heterocycles. The van der Waals surface area contributed by atoms with Crippen LogP contribution in [-0.4, -0.2) is 56.6 Å². The maximum Gasteiger partial charge on any atom is 0.161 e. The van der Waals surface area contributed by atoms with Gasteiger partial charge in [-0.25, -0.2) is 0 Å². The first kappa shape index (κ1) is 22.4. The summed E-state index contributed by atoms with van der Waals surface area (Å²) in [5.74, 6) is 2.21. The molecule has 0 unspecified atom stereocenters. The van der Waals surface area contributed by atoms with E-state index in [1.807, 2.05) is 36.4 Å². The van der Waals surface area contributed by atoms with Gasteiger partial charge in [-0.3, -0.25) is 0 Å². The molecule has 1 atom stereocenters. The fourth-order valence-corrected chi connectivity index (χ4v) is 3.81. The number of nitrogens with zero attached hydrogens (tertiary/aromatic N) is 1. The van der Waals surface area contributed by atoms with Crippen molar-refractivity contribution in [1.29, 1.82) is 0 Å². The Bertz CT molecular complexity index is 778. The van der Waals surface area contributed by atoms with E-state index >= 15 is 0 Å². The highest BCUT2D eigenvalue weighted by molar-refractivity contribution is 5.43. The van der Waals surface area contributed by atoms with Crippen molar-refractivity contribution in [2.24, 2.45) is 0 Å². The Kier molecular flexibility index (Phi) is 8.81. The molecule has 1 fully saturated rings. The number of rotatable bonds is 11. The maximum absolute atomic E-state index is 10.4. The van der Waals surface area contributed by atoms with Crippen LogP contribution >= 0.6 is 0 Å². The number of hydrogen-bond acceptors (Lipinski definition) is 6. The Labute approximate surface area is 179 Å². The van der Waals surface area contributed by atoms with Gasteiger partial charge in [0, 0.05) is 25.2 Å². The predicted octanol–water partition coefficient (Wildman–Crippen LogP) is 3.22. The molecule has 2 N–H and O–H groups in total. The predicted molar refractivity (Wildman–Crippen MR) is 118 cm³/mol. The lowest BCUT2D eigenvalue weighted by Crippen LogP contribution is -2.38. The zero-order valence-electron chi connectivity index (χ0n) is 18.1. The second kappa shape index (κ2) is 11.8. The molecule has 1 aliphatic rings. The summed E-state index contributed by atoms with van der Waals surface area (Å²) in [4.78, 5) is 2.31. The summed E-state index contributed by atoms with van der Waals surface area (Å²) in [5.41, 5.74) is 2.21. The smallest absolute Gasteiger partial charge is 0.161 e. The highest BCUT2D eigenvalue weighted by atomic mass is 16.5. The molecular formula is C24H34N2O4. The zero-order valence-corrected chi connectivity index (χ0v) is 18.1. The number of methoxy groups -OCH3 is 2. The molecule has 6 nitrogen and oxygen atoms in total. The Hall–Kier alpha value is -2.28. The number of aliphatic hydroxyl groups excluding tert-OH is 1. The number of hydrogen-bond donors (Lipinski definition) is 2. The number of aliphatic hydroxyl groups is 1. The molecule has 2 aromatic carbocycles. The van der Waals surface area contributed by atoms with Crippen LogP contribution in [0.3, 0.4) is 0 Å². The first-order valence-electron chi connectivity index (χ1n) is 10.7. The van der Waals surface area contributed by atoms with Crippen LogP contribution in [0.25, 0.3) is 0 Å². The lowest BCUT2D eigenvalue weighted by Gasteiger charge is -2.28. The maximum atomic E-state index is 10.4. The number of nitrogens with one attached hydrogen (secondary N) is 1. The van der Waals surface area contributed by atoms with Gasteiger partial charge in [-0.2, -0.15) is 0 Å². The fraction of sp³-hybridized carbons (Fsp3) is 0.500. The van der Waals surface area contributed by atoms with Crippen molar-refractivity contribution in [3.05, 3.63) is 53.6 Å². The number of benzene rings is 2. The topological polar surface area (TPSA) is 63.2 Å². The van der Waals surface area contributed by atoms with Gasteiger partial charge in [0.15, 0.2) is 11.5 Å². The van der Waals surface area contributed by atoms with E-state index in [0.29, 0.717) is 31.1 Å². The van der Waals surface area contributed by atoms with E-state index in [9.17, 15) is 5.11 Å². The summed E-state index contributed by atoms with van der Waals surface area (Å²) in [6.45, 7) is 4.43. The molecule has 3 rings (SSSR count). The van der Waals surface area contributed by atoms with Gasteiger partial charge in [-0.15, -0.1) is 0 Å². The molecule has 0 aromatic heterocycles. The molecule has 0 aliphatic carbocycles. The van der Waals surface area contributed by atoms with Gasteiger partial charge >= 0.3 is 0 Å². The van der Waals surface area contributed by atoms with Crippen LogP contribution in [0, 0.1) is 0 Å². The average Bonchev–Trinajstić information content (AvgIpc) is 2.79. The summed E-state index contributed by atoms with van der Waals surface area (Å²) in [5, 5.41) is 13.8. The van der Waals surface area contributed by atoms with E-state index in [-0.39, 0.29) is 6.61 Å². The van der Waals surface area contributed by atoms with Gasteiger partial charge < -0.3 is 29.5 Å². The lowest BCUT2D eigenvalue weighted by atomic mass is 10.1. The van der Waals surface area contributed by atoms with Crippen molar-refractivity contribution in [3.8, 4) is 17.2 Å². The average molecular weight is 415 g/mol. The van der Waals surface area contributed by atoms with E-state index in [2.05, 4.69) is 16.3 Å². The van der Waals surface area contributed by atoms with E-state index < -0.39 is 6.10 Å². The Morgan fingerprint density at radius 2 is 1.70 bits per heavy atom. The molecule has 30 heavy (non-hydrogen) atoms. The van der Waals surface area contributed by atoms with Crippen LogP contribution in [-0.2, 0) is 13.1 Å². The second-order valence-electron chi connectivity index (χ2n) is 7.73. The van der Waals surface area contributed by atoms with Gasteiger partial charge in [0.05, 0.1) is 14.2 Å². The number of ether oxygens (including phenoxy) is 3. The van der Waals surface area contributed by atoms with Crippen molar-refractivity contribution in [2.45, 2.75) is 38.5 Å². The normalized spacial score (nSPS) is 15.6. The highest BCUT2D eigenvalue weighted by Crippen LogP contribution is 2.28. The minimum Gasteiger partial charge on any atom is -0.496 e. The van der Waals surface area contributed by atoms with Gasteiger partial charge in [0.25, 0.3) is 0 Å². The van der Waals surface area contributed by atoms with Crippen molar-refractivity contribution >= 4 is 0 Å². The monoisotopic (exact) mass is 414 g/mol. The molecule has 0 spiro atoms. The summed E-state index contributed by atoms with van der Waals surface area (Å²) >= 11 is 0. The third-order valence-corrected chi connectivity index (χ3v) is 5.41. The van der Waals surface area contributed by atoms with Crippen LogP contribution in [0.1, 0.15) is 30.4 Å². The third kappa shape index (κ3) is 6.62. The van der Waals surface area contributed by atoms with Gasteiger partial charge in [0.1, 0.15) is 18.5 Å². The molecule has 0 radical (unpaired) electrons. The minimum atomic E-state index is -0.514. The Balaban J connectivity index is 1.52. The first-order valence-corrected chi connectivity index (χ1v) is 10.7. The molecule has 0 saturated carbocycles. The summed E-state index contributed by atoms with van der Waals surface area (Å²) < 4.78 is 16.8. The van der Waals surface area contributed by atoms with E-state index in [1.54, 1.807) is 14.2 Å². The number of para-hydroxylation sites is 1. The molecule has 6 heteroatoms. The molecule has 2 aromatic rings. The summed E-state index contributed by atoms with van der Waals surface area (Å²) in [6.07, 6.45) is 3.20. The SMILES string of the molecule is COc1ccccc1CNCc1ccc(OC)c(OC[C@H](O)CN2CCCCC2)c1. The molecular weight excluding hydrogens is 380 g/mol. The van der Waals surface area contributed by atoms with Crippen LogP contribution in [0.4, 0.5) is 0 Å². The summed E-state index contributed by atoms with van der Waals surface area (Å²) in [7, 11) is 3.32. The van der Waals surface area contributed by atoms with Crippen LogP contribution in [0.5, 0.6) is 17.2 Å². The third-order valence-electron chi connectivity index (χ3n) is 5.41. The van der Waals surface area contributed by atoms with E-state index in [4.69, 9.17) is 14.2 Å². The standard InChI is InChI=1S/C24H34N2O4/c1-28-22-9-5-4-8-20(22)16-25-15-19-10-11-23(29-2)24(14-19)30-18-21(27)17-26-12-6-3-7-13-26/h4-5,8-11,14,21,25,27H,3,6-7,12-13,15-18H2,1-2H3/t21-/m1/s1. The Morgan fingerprint density at radius 1 is 0.933 bits per heavy atom. The van der Waals surface area contributed by atoms with Crippen LogP contribution in [0.2, 0.25) is 0 Å². The van der Waals surface area contributed by atoms with Gasteiger partial charge in [-0.1, -0.05) is 30.7 Å². The van der Waals surface area contributed by atoms with E-state index in [0.717, 1.165) is 30.0 Å². The molecule has 1 aliphatic heterocycles. The Morgan fingerprint density at radius 3 is 2.47 bits per heavy atom. The molecule has 1 saturated heterocycles. The fourth-order valence-electron chi connectivity index (χ4n) is 3.81. The number of piperidine rings is 1. The minimum absolute atomic E-state index is 0.255. The quantitative estimate of drug-likeness (QED) is 0.589. The van der Waals surface area contributed by atoms with Crippen LogP contribution < -0.4 is 19.5 Å².